The van der Waals surface area contributed by atoms with Crippen LogP contribution in [0.3, 0.4) is 0 Å². The summed E-state index contributed by atoms with van der Waals surface area (Å²) in [5.41, 5.74) is 17.0. The second-order valence-corrected chi connectivity index (χ2v) is 15.9. The van der Waals surface area contributed by atoms with Crippen molar-refractivity contribution in [3.8, 4) is 66.8 Å². The molecule has 12 aromatic rings. The molecule has 0 saturated carbocycles. The summed E-state index contributed by atoms with van der Waals surface area (Å²) in [5, 5.41) is 12.3. The Labute approximate surface area is 341 Å². The van der Waals surface area contributed by atoms with Gasteiger partial charge in [-0.25, -0.2) is 0 Å². The number of rotatable bonds is 4. The zero-order valence-electron chi connectivity index (χ0n) is 32.0. The predicted octanol–water partition coefficient (Wildman–Crippen LogP) is 16.5. The van der Waals surface area contributed by atoms with Crippen LogP contribution in [0.1, 0.15) is 0 Å². The smallest absolute Gasteiger partial charge is 0.136 e. The molecule has 1 nitrogen and oxygen atoms in total. The fraction of sp³-hybridized carbons (Fsp3) is 0. The van der Waals surface area contributed by atoms with Crippen molar-refractivity contribution >= 4 is 65.0 Å². The fourth-order valence-electron chi connectivity index (χ4n) is 10.2. The molecule has 1 heterocycles. The molecule has 1 heteroatoms. The van der Waals surface area contributed by atoms with E-state index in [2.05, 4.69) is 206 Å². The van der Waals surface area contributed by atoms with Gasteiger partial charge in [0.05, 0.1) is 0 Å². The third-order valence-corrected chi connectivity index (χ3v) is 12.8. The van der Waals surface area contributed by atoms with E-state index in [1.807, 2.05) is 0 Å². The van der Waals surface area contributed by atoms with Gasteiger partial charge < -0.3 is 4.42 Å². The molecule has 0 aliphatic heterocycles. The Morgan fingerprint density at radius 1 is 0.237 bits per heavy atom. The molecule has 272 valence electrons. The van der Waals surface area contributed by atoms with E-state index in [1.165, 1.54) is 110 Å². The SMILES string of the molecule is c1ccc(-c2ccc3c4c(cccc24)-c2ccccc2-3)c(-c2ccc(-c3c4ccccc4c(-c4ccc5oc6cc7ccccc7cc6c5c4)c4ccccc34)cc2)c1. The van der Waals surface area contributed by atoms with Crippen molar-refractivity contribution in [1.29, 1.82) is 0 Å². The van der Waals surface area contributed by atoms with Crippen LogP contribution in [0.4, 0.5) is 0 Å². The fourth-order valence-corrected chi connectivity index (χ4v) is 10.2. The van der Waals surface area contributed by atoms with Crippen molar-refractivity contribution in [2.45, 2.75) is 0 Å². The Balaban J connectivity index is 0.953. The molecule has 0 bridgehead atoms. The first-order chi connectivity index (χ1) is 29.3. The van der Waals surface area contributed by atoms with Crippen molar-refractivity contribution in [1.82, 2.24) is 0 Å². The van der Waals surface area contributed by atoms with Crippen LogP contribution in [0.25, 0.3) is 132 Å². The molecule has 0 unspecified atom stereocenters. The lowest BCUT2D eigenvalue weighted by Gasteiger charge is -2.18. The first-order valence-electron chi connectivity index (χ1n) is 20.4. The van der Waals surface area contributed by atoms with Crippen molar-refractivity contribution in [3.05, 3.63) is 206 Å². The van der Waals surface area contributed by atoms with Crippen LogP contribution in [0.15, 0.2) is 211 Å². The van der Waals surface area contributed by atoms with Crippen molar-refractivity contribution in [3.63, 3.8) is 0 Å². The first-order valence-corrected chi connectivity index (χ1v) is 20.4. The minimum absolute atomic E-state index is 0.908. The van der Waals surface area contributed by atoms with Crippen LogP contribution >= 0.6 is 0 Å². The number of hydrogen-bond acceptors (Lipinski definition) is 1. The molecule has 0 atom stereocenters. The van der Waals surface area contributed by atoms with Crippen LogP contribution in [0.5, 0.6) is 0 Å². The van der Waals surface area contributed by atoms with Crippen LogP contribution in [-0.2, 0) is 0 Å². The normalized spacial score (nSPS) is 12.1. The lowest BCUT2D eigenvalue weighted by Crippen LogP contribution is -1.91. The average Bonchev–Trinajstić information content (AvgIpc) is 3.83. The number of furan rings is 1. The van der Waals surface area contributed by atoms with Crippen LogP contribution < -0.4 is 0 Å². The molecule has 1 aliphatic carbocycles. The Kier molecular flexibility index (Phi) is 6.79. The van der Waals surface area contributed by atoms with Crippen molar-refractivity contribution < 1.29 is 4.42 Å². The summed E-state index contributed by atoms with van der Waals surface area (Å²) in [6.07, 6.45) is 0. The third-order valence-electron chi connectivity index (χ3n) is 12.8. The summed E-state index contributed by atoms with van der Waals surface area (Å²) in [6.45, 7) is 0. The minimum atomic E-state index is 0.908. The molecule has 59 heavy (non-hydrogen) atoms. The predicted molar refractivity (Wildman–Crippen MR) is 250 cm³/mol. The highest BCUT2D eigenvalue weighted by molar-refractivity contribution is 6.23. The maximum Gasteiger partial charge on any atom is 0.136 e. The van der Waals surface area contributed by atoms with Gasteiger partial charge in [0.1, 0.15) is 11.2 Å². The largest absolute Gasteiger partial charge is 0.456 e. The molecule has 0 saturated heterocycles. The summed E-state index contributed by atoms with van der Waals surface area (Å²) >= 11 is 0. The monoisotopic (exact) mass is 746 g/mol. The molecule has 13 rings (SSSR count). The summed E-state index contributed by atoms with van der Waals surface area (Å²) in [6, 6.07) is 75.8. The summed E-state index contributed by atoms with van der Waals surface area (Å²) in [7, 11) is 0. The Hall–Kier alpha value is -7.74. The quantitative estimate of drug-likeness (QED) is 0.164. The highest BCUT2D eigenvalue weighted by atomic mass is 16.3. The Bertz CT molecular complexity index is 3630. The van der Waals surface area contributed by atoms with Gasteiger partial charge in [-0.15, -0.1) is 0 Å². The van der Waals surface area contributed by atoms with Gasteiger partial charge in [-0.2, -0.15) is 0 Å². The zero-order valence-corrected chi connectivity index (χ0v) is 32.0. The van der Waals surface area contributed by atoms with Crippen LogP contribution in [0.2, 0.25) is 0 Å². The molecule has 11 aromatic carbocycles. The highest BCUT2D eigenvalue weighted by Gasteiger charge is 2.23. The maximum absolute atomic E-state index is 6.42. The summed E-state index contributed by atoms with van der Waals surface area (Å²) in [4.78, 5) is 0. The molecule has 1 aliphatic rings. The summed E-state index contributed by atoms with van der Waals surface area (Å²) in [5.74, 6) is 0. The lowest BCUT2D eigenvalue weighted by molar-refractivity contribution is 0.669. The third kappa shape index (κ3) is 4.73. The number of benzene rings is 11. The first kappa shape index (κ1) is 32.4. The van der Waals surface area contributed by atoms with Gasteiger partial charge in [0.25, 0.3) is 0 Å². The van der Waals surface area contributed by atoms with Gasteiger partial charge in [-0.1, -0.05) is 182 Å². The molecular weight excluding hydrogens is 713 g/mol. The molecule has 0 radical (unpaired) electrons. The van der Waals surface area contributed by atoms with Gasteiger partial charge >= 0.3 is 0 Å². The van der Waals surface area contributed by atoms with E-state index in [-0.39, 0.29) is 0 Å². The van der Waals surface area contributed by atoms with Crippen LogP contribution in [0, 0.1) is 0 Å². The lowest BCUT2D eigenvalue weighted by atomic mass is 9.85. The average molecular weight is 747 g/mol. The topological polar surface area (TPSA) is 13.1 Å². The van der Waals surface area contributed by atoms with E-state index in [0.717, 1.165) is 21.9 Å². The van der Waals surface area contributed by atoms with Crippen molar-refractivity contribution in [2.24, 2.45) is 0 Å². The molecule has 0 N–H and O–H groups in total. The van der Waals surface area contributed by atoms with Gasteiger partial charge in [0, 0.05) is 10.8 Å². The molecule has 0 spiro atoms. The Morgan fingerprint density at radius 3 is 1.37 bits per heavy atom. The van der Waals surface area contributed by atoms with Crippen molar-refractivity contribution in [2.75, 3.05) is 0 Å². The van der Waals surface area contributed by atoms with Gasteiger partial charge in [0.15, 0.2) is 0 Å². The van der Waals surface area contributed by atoms with E-state index in [0.29, 0.717) is 0 Å². The van der Waals surface area contributed by atoms with Gasteiger partial charge in [-0.05, 0) is 134 Å². The summed E-state index contributed by atoms with van der Waals surface area (Å²) < 4.78 is 6.42. The minimum Gasteiger partial charge on any atom is -0.456 e. The number of hydrogen-bond donors (Lipinski definition) is 0. The van der Waals surface area contributed by atoms with E-state index >= 15 is 0 Å². The second kappa shape index (κ2) is 12.4. The standard InChI is InChI=1S/C58H34O/c1-2-13-38-34-55-53(32-37(38)12-1)52-33-39(28-31-54(52)59-55)57-49-20-9-7-18-47(49)56(48-19-8-10-21-50(48)57)36-26-24-35(25-27-36)40-14-3-4-15-41(40)44-29-30-51-43-17-6-5-16-42(43)45-22-11-23-46(44)58(45)51/h1-34H. The molecular formula is C58H34O. The van der Waals surface area contributed by atoms with E-state index in [9.17, 15) is 0 Å². The van der Waals surface area contributed by atoms with E-state index in [1.54, 1.807) is 0 Å². The molecule has 1 aromatic heterocycles. The molecule has 0 amide bonds. The highest BCUT2D eigenvalue weighted by Crippen LogP contribution is 2.50. The van der Waals surface area contributed by atoms with E-state index < -0.39 is 0 Å². The van der Waals surface area contributed by atoms with Crippen LogP contribution in [-0.4, -0.2) is 0 Å². The second-order valence-electron chi connectivity index (χ2n) is 15.9. The Morgan fingerprint density at radius 2 is 0.695 bits per heavy atom. The maximum atomic E-state index is 6.42. The molecule has 0 fully saturated rings. The van der Waals surface area contributed by atoms with Gasteiger partial charge in [-0.3, -0.25) is 0 Å². The number of fused-ring (bicyclic) bond motifs is 9. The van der Waals surface area contributed by atoms with E-state index in [4.69, 9.17) is 4.42 Å². The zero-order chi connectivity index (χ0) is 38.6. The van der Waals surface area contributed by atoms with Gasteiger partial charge in [0.2, 0.25) is 0 Å².